The number of rotatable bonds is 11. The highest BCUT2D eigenvalue weighted by Crippen LogP contribution is 2.48. The van der Waals surface area contributed by atoms with Crippen molar-refractivity contribution >= 4 is 115 Å². The van der Waals surface area contributed by atoms with Gasteiger partial charge in [0, 0.05) is 34.1 Å². The second-order valence-electron chi connectivity index (χ2n) is 30.1. The molecule has 0 atom stereocenters. The van der Waals surface area contributed by atoms with Crippen LogP contribution in [0.1, 0.15) is 105 Å². The predicted octanol–water partition coefficient (Wildman–Crippen LogP) is 15.4. The van der Waals surface area contributed by atoms with Crippen LogP contribution in [0.15, 0.2) is 297 Å². The molecule has 14 rings (SSSR count). The van der Waals surface area contributed by atoms with Crippen molar-refractivity contribution in [3.05, 3.63) is 320 Å². The summed E-state index contributed by atoms with van der Waals surface area (Å²) in [6.45, 7) is 28.0. The molecule has 5 heteroatoms. The van der Waals surface area contributed by atoms with Gasteiger partial charge in [0.2, 0.25) is 0 Å². The quantitative estimate of drug-likeness (QED) is 0.0941. The van der Waals surface area contributed by atoms with Crippen molar-refractivity contribution in [3.63, 3.8) is 0 Å². The van der Waals surface area contributed by atoms with Crippen molar-refractivity contribution in [2.45, 2.75) is 105 Å². The van der Waals surface area contributed by atoms with E-state index in [1.54, 1.807) is 0 Å². The minimum absolute atomic E-state index is 0.0406. The van der Waals surface area contributed by atoms with Crippen molar-refractivity contribution in [1.29, 1.82) is 0 Å². The lowest BCUT2D eigenvalue weighted by Gasteiger charge is -2.46. The highest BCUT2D eigenvalue weighted by molar-refractivity contribution is 7.23. The van der Waals surface area contributed by atoms with E-state index in [9.17, 15) is 0 Å². The smallest absolute Gasteiger partial charge is 0.252 e. The number of hydrogen-bond donors (Lipinski definition) is 0. The molecule has 2 aliphatic rings. The van der Waals surface area contributed by atoms with Crippen LogP contribution in [0.5, 0.6) is 0 Å². The number of fused-ring (bicyclic) bond motifs is 4. The van der Waals surface area contributed by atoms with Crippen molar-refractivity contribution in [2.24, 2.45) is 0 Å². The van der Waals surface area contributed by atoms with E-state index in [-0.39, 0.29) is 28.4 Å². The normalized spacial score (nSPS) is 13.3. The molecule has 93 heavy (non-hydrogen) atoms. The van der Waals surface area contributed by atoms with Crippen molar-refractivity contribution < 1.29 is 0 Å². The first-order chi connectivity index (χ1) is 44.7. The zero-order valence-corrected chi connectivity index (χ0v) is 58.3. The van der Waals surface area contributed by atoms with E-state index in [0.29, 0.717) is 0 Å². The Morgan fingerprint density at radius 2 is 0.527 bits per heavy atom. The monoisotopic (exact) mass is 1240 g/mol. The van der Waals surface area contributed by atoms with E-state index in [0.717, 1.165) is 11.4 Å². The first kappa shape index (κ1) is 61.3. The summed E-state index contributed by atoms with van der Waals surface area (Å²) in [4.78, 5) is 5.31. The molecular formula is C88H85BN2Si2. The highest BCUT2D eigenvalue weighted by Gasteiger charge is 2.50. The molecule has 0 fully saturated rings. The molecule has 0 amide bonds. The van der Waals surface area contributed by atoms with Crippen molar-refractivity contribution in [3.8, 4) is 11.1 Å². The number of hydrogen-bond acceptors (Lipinski definition) is 2. The van der Waals surface area contributed by atoms with Crippen LogP contribution in [0.25, 0.3) is 11.1 Å². The molecule has 0 N–H and O–H groups in total. The summed E-state index contributed by atoms with van der Waals surface area (Å²) in [6, 6.07) is 116. The number of nitrogens with zero attached hydrogens (tertiary/aromatic N) is 2. The number of anilines is 6. The second-order valence-corrected chi connectivity index (χ2v) is 37.6. The van der Waals surface area contributed by atoms with Gasteiger partial charge in [0.25, 0.3) is 6.71 Å². The Bertz CT molecular complexity index is 4190. The average Bonchev–Trinajstić information content (AvgIpc) is 0.695. The van der Waals surface area contributed by atoms with Gasteiger partial charge >= 0.3 is 0 Å². The molecule has 0 saturated carbocycles. The van der Waals surface area contributed by atoms with Gasteiger partial charge in [-0.2, -0.15) is 0 Å². The molecule has 2 aliphatic heterocycles. The summed E-state index contributed by atoms with van der Waals surface area (Å²) in [5.41, 5.74) is 18.5. The van der Waals surface area contributed by atoms with Crippen LogP contribution < -0.4 is 67.7 Å². The summed E-state index contributed by atoms with van der Waals surface area (Å²) < 4.78 is 0. The Kier molecular flexibility index (Phi) is 15.4. The fraction of sp³-hybridized carbons (Fsp3) is 0.182. The Balaban J connectivity index is 1.23. The largest absolute Gasteiger partial charge is 0.311 e. The molecule has 2 heterocycles. The van der Waals surface area contributed by atoms with Gasteiger partial charge in [0.1, 0.15) is 0 Å². The Hall–Kier alpha value is -9.26. The average molecular weight is 1240 g/mol. The third kappa shape index (κ3) is 10.5. The van der Waals surface area contributed by atoms with Gasteiger partial charge in [-0.15, -0.1) is 0 Å². The third-order valence-electron chi connectivity index (χ3n) is 20.2. The van der Waals surface area contributed by atoms with Crippen LogP contribution in [0, 0.1) is 0 Å². The molecule has 0 spiro atoms. The highest BCUT2D eigenvalue weighted by atomic mass is 28.3. The maximum atomic E-state index is 2.66. The third-order valence-corrected chi connectivity index (χ3v) is 29.8. The van der Waals surface area contributed by atoms with E-state index < -0.39 is 16.1 Å². The van der Waals surface area contributed by atoms with Gasteiger partial charge < -0.3 is 9.80 Å². The van der Waals surface area contributed by atoms with Gasteiger partial charge in [-0.05, 0) is 161 Å². The zero-order valence-electron chi connectivity index (χ0n) is 56.3. The Morgan fingerprint density at radius 1 is 0.258 bits per heavy atom. The lowest BCUT2D eigenvalue weighted by molar-refractivity contribution is 0.590. The van der Waals surface area contributed by atoms with Crippen LogP contribution in [0.4, 0.5) is 34.1 Å². The van der Waals surface area contributed by atoms with Gasteiger partial charge in [0.05, 0.1) is 0 Å². The minimum atomic E-state index is -3.38. The summed E-state index contributed by atoms with van der Waals surface area (Å²) in [5.74, 6) is 0. The maximum Gasteiger partial charge on any atom is 0.252 e. The molecule has 458 valence electrons. The second kappa shape index (κ2) is 23.4. The van der Waals surface area contributed by atoms with Crippen LogP contribution in [-0.4, -0.2) is 22.9 Å². The molecule has 0 saturated heterocycles. The first-order valence-electron chi connectivity index (χ1n) is 33.4. The van der Waals surface area contributed by atoms with Gasteiger partial charge in [-0.3, -0.25) is 0 Å². The van der Waals surface area contributed by atoms with E-state index in [2.05, 4.69) is 390 Å². The molecule has 0 bridgehead atoms. The van der Waals surface area contributed by atoms with Gasteiger partial charge in [-0.1, -0.05) is 332 Å². The molecule has 2 nitrogen and oxygen atoms in total. The summed E-state index contributed by atoms with van der Waals surface area (Å²) in [5, 5.41) is 10.7. The lowest BCUT2D eigenvalue weighted by atomic mass is 9.33. The summed E-state index contributed by atoms with van der Waals surface area (Å²) in [7, 11) is -6.76. The Labute approximate surface area is 556 Å². The first-order valence-corrected chi connectivity index (χ1v) is 37.4. The fourth-order valence-corrected chi connectivity index (χ4v) is 25.6. The standard InChI is InChI=1S/C88H85BN2Si2/c1-85(2,3)63-46-52-67(53-47-63)90-77-56-50-65(87(7,8)9)60-75(77)89-76-61-66(88(10,11)12)51-57-78(76)91(68-54-48-64(49-55-68)86(4,5)6)80-59-62(58-79(90)84(80)89)83-81(92(69-32-19-13-20-33-69,70-34-21-14-22-35-70)71-36-23-15-24-37-71)44-31-45-82(83)93(72-38-25-16-26-39-72,73-40-27-17-28-41-73)74-42-29-18-30-43-74/h13-61H,1-12H3. The molecule has 12 aromatic carbocycles. The molecule has 0 unspecified atom stereocenters. The lowest BCUT2D eigenvalue weighted by Crippen LogP contribution is -2.78. The topological polar surface area (TPSA) is 6.48 Å². The zero-order chi connectivity index (χ0) is 64.7. The Morgan fingerprint density at radius 3 is 0.796 bits per heavy atom. The summed E-state index contributed by atoms with van der Waals surface area (Å²) in [6.07, 6.45) is 0. The fourth-order valence-electron chi connectivity index (χ4n) is 15.4. The molecular weight excluding hydrogens is 1150 g/mol. The maximum absolute atomic E-state index is 3.38. The molecule has 12 aromatic rings. The SMILES string of the molecule is CC(C)(C)c1ccc(N2c3ccc(C(C)(C)C)cc3B3c4cc(C(C)(C)C)ccc4N(c4ccc(C(C)(C)C)cc4)c4cc(-c5c([Si](c6ccccc6)(c6ccccc6)c6ccccc6)cccc5[Si](c5ccccc5)(c5ccccc5)c5ccccc5)cc2c43)cc1. The van der Waals surface area contributed by atoms with E-state index >= 15 is 0 Å². The van der Waals surface area contributed by atoms with E-state index in [1.165, 1.54) is 114 Å². The van der Waals surface area contributed by atoms with Crippen LogP contribution in [0.2, 0.25) is 0 Å². The molecule has 0 radical (unpaired) electrons. The predicted molar refractivity (Wildman–Crippen MR) is 408 cm³/mol. The van der Waals surface area contributed by atoms with E-state index in [1.807, 2.05) is 0 Å². The van der Waals surface area contributed by atoms with Crippen LogP contribution in [0.3, 0.4) is 0 Å². The van der Waals surface area contributed by atoms with Gasteiger partial charge in [0.15, 0.2) is 16.1 Å². The van der Waals surface area contributed by atoms with Crippen molar-refractivity contribution in [2.75, 3.05) is 9.80 Å². The van der Waals surface area contributed by atoms with Crippen LogP contribution >= 0.6 is 0 Å². The number of benzene rings is 12. The summed E-state index contributed by atoms with van der Waals surface area (Å²) >= 11 is 0. The van der Waals surface area contributed by atoms with Crippen molar-refractivity contribution in [1.82, 2.24) is 0 Å². The molecule has 0 aromatic heterocycles. The van der Waals surface area contributed by atoms with Gasteiger partial charge in [-0.25, -0.2) is 0 Å². The molecule has 0 aliphatic carbocycles. The minimum Gasteiger partial charge on any atom is -0.311 e. The van der Waals surface area contributed by atoms with E-state index in [4.69, 9.17) is 0 Å². The van der Waals surface area contributed by atoms with Crippen LogP contribution in [-0.2, 0) is 21.7 Å².